The molecule has 0 spiro atoms. The molecular formula is C24H29NO2. The molecule has 2 N–H and O–H groups in total. The quantitative estimate of drug-likeness (QED) is 0.827. The summed E-state index contributed by atoms with van der Waals surface area (Å²) in [5.41, 5.74) is 4.13. The number of rotatable bonds is 2. The zero-order chi connectivity index (χ0) is 18.6. The fourth-order valence-corrected chi connectivity index (χ4v) is 6.74. The minimum absolute atomic E-state index is 0.0489. The largest absolute Gasteiger partial charge is 0.508 e. The summed E-state index contributed by atoms with van der Waals surface area (Å²) in [6, 6.07) is 10.1. The molecule has 6 atom stereocenters. The van der Waals surface area contributed by atoms with Gasteiger partial charge in [0, 0.05) is 12.4 Å². The summed E-state index contributed by atoms with van der Waals surface area (Å²) in [7, 11) is 0. The Hall–Kier alpha value is -1.87. The predicted octanol–water partition coefficient (Wildman–Crippen LogP) is 4.47. The van der Waals surface area contributed by atoms with Crippen molar-refractivity contribution in [2.75, 3.05) is 0 Å². The van der Waals surface area contributed by atoms with E-state index in [4.69, 9.17) is 0 Å². The molecule has 0 aliphatic heterocycles. The minimum Gasteiger partial charge on any atom is -0.508 e. The van der Waals surface area contributed by atoms with Gasteiger partial charge in [0.15, 0.2) is 0 Å². The van der Waals surface area contributed by atoms with Crippen LogP contribution < -0.4 is 0 Å². The lowest BCUT2D eigenvalue weighted by Crippen LogP contribution is -2.44. The number of aromatic hydroxyl groups is 1. The maximum atomic E-state index is 11.3. The SMILES string of the molecule is C[C@]12CC[C@@H]3c4ccc(O)cc4CC[C@H]3[C@@H]1C[C@H](Cc1ccncc1)[C@@H]2O. The summed E-state index contributed by atoms with van der Waals surface area (Å²) < 4.78 is 0. The Balaban J connectivity index is 1.42. The first-order valence-corrected chi connectivity index (χ1v) is 10.4. The van der Waals surface area contributed by atoms with E-state index in [-0.39, 0.29) is 11.5 Å². The normalized spacial score (nSPS) is 37.3. The van der Waals surface area contributed by atoms with Crippen LogP contribution in [0.15, 0.2) is 42.7 Å². The van der Waals surface area contributed by atoms with Gasteiger partial charge in [-0.25, -0.2) is 0 Å². The number of hydrogen-bond donors (Lipinski definition) is 2. The number of nitrogens with zero attached hydrogens (tertiary/aromatic N) is 1. The van der Waals surface area contributed by atoms with Crippen LogP contribution in [-0.4, -0.2) is 21.3 Å². The van der Waals surface area contributed by atoms with Crippen LogP contribution in [-0.2, 0) is 12.8 Å². The molecule has 27 heavy (non-hydrogen) atoms. The van der Waals surface area contributed by atoms with Crippen LogP contribution >= 0.6 is 0 Å². The zero-order valence-electron chi connectivity index (χ0n) is 16.0. The number of aliphatic hydroxyl groups excluding tert-OH is 1. The molecule has 3 aliphatic carbocycles. The second-order valence-corrected chi connectivity index (χ2v) is 9.34. The average Bonchev–Trinajstić information content (AvgIpc) is 2.93. The molecule has 2 aromatic rings. The molecule has 2 saturated carbocycles. The van der Waals surface area contributed by atoms with Crippen LogP contribution in [0.1, 0.15) is 55.2 Å². The lowest BCUT2D eigenvalue weighted by Gasteiger charge is -2.50. The van der Waals surface area contributed by atoms with Crippen molar-refractivity contribution < 1.29 is 10.2 Å². The maximum absolute atomic E-state index is 11.3. The molecule has 2 fully saturated rings. The Morgan fingerprint density at radius 3 is 2.78 bits per heavy atom. The molecule has 3 nitrogen and oxygen atoms in total. The topological polar surface area (TPSA) is 53.4 Å². The second-order valence-electron chi connectivity index (χ2n) is 9.34. The van der Waals surface area contributed by atoms with Gasteiger partial charge in [-0.15, -0.1) is 0 Å². The van der Waals surface area contributed by atoms with Gasteiger partial charge < -0.3 is 10.2 Å². The van der Waals surface area contributed by atoms with Gasteiger partial charge in [-0.05, 0) is 109 Å². The number of hydrogen-bond acceptors (Lipinski definition) is 3. The Morgan fingerprint density at radius 1 is 1.15 bits per heavy atom. The standard InChI is InChI=1S/C24H29NO2/c1-24-9-6-20-19-5-3-18(26)13-16(19)2-4-21(20)22(24)14-17(23(24)27)12-15-7-10-25-11-8-15/h3,5,7-8,10-11,13,17,20-23,26-27H,2,4,6,9,12,14H2,1H3/t17-,20+,21+,22-,23-,24-/m0/s1. The third-order valence-corrected chi connectivity index (χ3v) is 8.07. The summed E-state index contributed by atoms with van der Waals surface area (Å²) in [4.78, 5) is 4.13. The molecule has 0 bridgehead atoms. The van der Waals surface area contributed by atoms with Crippen molar-refractivity contribution in [3.63, 3.8) is 0 Å². The molecule has 1 heterocycles. The lowest BCUT2D eigenvalue weighted by atomic mass is 9.55. The fourth-order valence-electron chi connectivity index (χ4n) is 6.74. The molecule has 1 aromatic carbocycles. The summed E-state index contributed by atoms with van der Waals surface area (Å²) in [6.07, 6.45) is 10.1. The van der Waals surface area contributed by atoms with Gasteiger partial charge in [0.2, 0.25) is 0 Å². The van der Waals surface area contributed by atoms with E-state index in [9.17, 15) is 10.2 Å². The minimum atomic E-state index is -0.210. The Bertz CT molecular complexity index is 836. The lowest BCUT2D eigenvalue weighted by molar-refractivity contribution is -0.0325. The Morgan fingerprint density at radius 2 is 1.96 bits per heavy atom. The fraction of sp³-hybridized carbons (Fsp3) is 0.542. The first kappa shape index (κ1) is 17.2. The molecule has 0 unspecified atom stereocenters. The van der Waals surface area contributed by atoms with Crippen molar-refractivity contribution in [2.24, 2.45) is 23.2 Å². The number of fused-ring (bicyclic) bond motifs is 5. The van der Waals surface area contributed by atoms with Gasteiger partial charge in [0.05, 0.1) is 6.10 Å². The molecule has 1 aromatic heterocycles. The van der Waals surface area contributed by atoms with E-state index >= 15 is 0 Å². The van der Waals surface area contributed by atoms with E-state index in [2.05, 4.69) is 30.1 Å². The zero-order valence-corrected chi connectivity index (χ0v) is 16.0. The third kappa shape index (κ3) is 2.70. The van der Waals surface area contributed by atoms with Gasteiger partial charge in [-0.2, -0.15) is 0 Å². The van der Waals surface area contributed by atoms with Crippen LogP contribution in [0.5, 0.6) is 5.75 Å². The average molecular weight is 364 g/mol. The van der Waals surface area contributed by atoms with Crippen LogP contribution in [0.3, 0.4) is 0 Å². The molecule has 142 valence electrons. The molecular weight excluding hydrogens is 334 g/mol. The highest BCUT2D eigenvalue weighted by molar-refractivity contribution is 5.40. The van der Waals surface area contributed by atoms with Crippen molar-refractivity contribution >= 4 is 0 Å². The molecule has 0 radical (unpaired) electrons. The van der Waals surface area contributed by atoms with E-state index in [1.54, 1.807) is 0 Å². The molecule has 3 aliphatic rings. The molecule has 0 amide bonds. The Labute approximate surface area is 161 Å². The summed E-state index contributed by atoms with van der Waals surface area (Å²) >= 11 is 0. The summed E-state index contributed by atoms with van der Waals surface area (Å²) in [5.74, 6) is 2.60. The number of aromatic nitrogens is 1. The number of aryl methyl sites for hydroxylation is 1. The highest BCUT2D eigenvalue weighted by Gasteiger charge is 2.57. The van der Waals surface area contributed by atoms with Gasteiger partial charge in [-0.1, -0.05) is 13.0 Å². The van der Waals surface area contributed by atoms with Gasteiger partial charge >= 0.3 is 0 Å². The number of benzene rings is 1. The van der Waals surface area contributed by atoms with E-state index in [0.717, 1.165) is 32.1 Å². The van der Waals surface area contributed by atoms with Crippen LogP contribution in [0.2, 0.25) is 0 Å². The number of phenols is 1. The highest BCUT2D eigenvalue weighted by Crippen LogP contribution is 2.62. The van der Waals surface area contributed by atoms with Crippen molar-refractivity contribution in [1.82, 2.24) is 4.98 Å². The maximum Gasteiger partial charge on any atom is 0.115 e. The molecule has 0 saturated heterocycles. The van der Waals surface area contributed by atoms with Crippen LogP contribution in [0.4, 0.5) is 0 Å². The van der Waals surface area contributed by atoms with Crippen molar-refractivity contribution in [3.05, 3.63) is 59.4 Å². The second kappa shape index (κ2) is 6.34. The van der Waals surface area contributed by atoms with E-state index in [1.165, 1.54) is 23.1 Å². The van der Waals surface area contributed by atoms with Gasteiger partial charge in [0.1, 0.15) is 5.75 Å². The number of pyridine rings is 1. The van der Waals surface area contributed by atoms with Crippen molar-refractivity contribution in [3.8, 4) is 5.75 Å². The van der Waals surface area contributed by atoms with Crippen molar-refractivity contribution in [2.45, 2.75) is 57.5 Å². The van der Waals surface area contributed by atoms with E-state index in [1.807, 2.05) is 24.5 Å². The van der Waals surface area contributed by atoms with E-state index < -0.39 is 0 Å². The molecule has 5 rings (SSSR count). The van der Waals surface area contributed by atoms with Gasteiger partial charge in [-0.3, -0.25) is 4.98 Å². The third-order valence-electron chi connectivity index (χ3n) is 8.07. The summed E-state index contributed by atoms with van der Waals surface area (Å²) in [5, 5.41) is 21.1. The number of phenolic OH excluding ortho intramolecular Hbond substituents is 1. The predicted molar refractivity (Wildman–Crippen MR) is 106 cm³/mol. The van der Waals surface area contributed by atoms with Crippen LogP contribution in [0.25, 0.3) is 0 Å². The number of aliphatic hydroxyl groups is 1. The van der Waals surface area contributed by atoms with Crippen LogP contribution in [0, 0.1) is 23.2 Å². The smallest absolute Gasteiger partial charge is 0.115 e. The first-order valence-electron chi connectivity index (χ1n) is 10.4. The highest BCUT2D eigenvalue weighted by atomic mass is 16.3. The van der Waals surface area contributed by atoms with E-state index in [0.29, 0.717) is 29.4 Å². The van der Waals surface area contributed by atoms with Crippen molar-refractivity contribution in [1.29, 1.82) is 0 Å². The molecule has 3 heteroatoms. The summed E-state index contributed by atoms with van der Waals surface area (Å²) in [6.45, 7) is 2.34. The monoisotopic (exact) mass is 363 g/mol. The van der Waals surface area contributed by atoms with Gasteiger partial charge in [0.25, 0.3) is 0 Å². The first-order chi connectivity index (χ1) is 13.1. The Kier molecular flexibility index (Phi) is 4.05.